The molecule has 1 aliphatic heterocycles. The van der Waals surface area contributed by atoms with Crippen molar-refractivity contribution in [2.24, 2.45) is 4.99 Å². The Hall–Kier alpha value is -3.97. The highest BCUT2D eigenvalue weighted by Gasteiger charge is 2.22. The Balaban J connectivity index is 0.000000242. The number of nitrogens with one attached hydrogen (secondary N) is 1. The molecular formula is C30H34ClN5O2. The van der Waals surface area contributed by atoms with Crippen LogP contribution in [0.1, 0.15) is 62.0 Å². The van der Waals surface area contributed by atoms with E-state index in [2.05, 4.69) is 29.4 Å². The van der Waals surface area contributed by atoms with Gasteiger partial charge in [-0.2, -0.15) is 0 Å². The van der Waals surface area contributed by atoms with E-state index in [0.717, 1.165) is 45.6 Å². The number of benzene rings is 3. The smallest absolute Gasteiger partial charge is 0.211 e. The predicted octanol–water partition coefficient (Wildman–Crippen LogP) is 6.99. The molecule has 0 saturated carbocycles. The number of methoxy groups -OCH3 is 1. The lowest BCUT2D eigenvalue weighted by molar-refractivity contribution is -0.105. The molecule has 0 spiro atoms. The summed E-state index contributed by atoms with van der Waals surface area (Å²) in [5.41, 5.74) is 6.01. The lowest BCUT2D eigenvalue weighted by Gasteiger charge is -2.14. The fourth-order valence-corrected chi connectivity index (χ4v) is 4.10. The van der Waals surface area contributed by atoms with Crippen LogP contribution in [0.25, 0.3) is 5.69 Å². The van der Waals surface area contributed by atoms with Crippen LogP contribution >= 0.6 is 11.6 Å². The molecule has 1 N–H and O–H groups in total. The number of rotatable bonds is 5. The van der Waals surface area contributed by atoms with E-state index in [1.54, 1.807) is 7.11 Å². The molecule has 38 heavy (non-hydrogen) atoms. The molecule has 2 heterocycles. The quantitative estimate of drug-likeness (QED) is 0.281. The molecule has 1 aromatic heterocycles. The first-order valence-electron chi connectivity index (χ1n) is 12.6. The van der Waals surface area contributed by atoms with Gasteiger partial charge in [-0.15, -0.1) is 10.2 Å². The van der Waals surface area contributed by atoms with Gasteiger partial charge >= 0.3 is 0 Å². The van der Waals surface area contributed by atoms with Crippen molar-refractivity contribution in [2.75, 3.05) is 12.4 Å². The highest BCUT2D eigenvalue weighted by Crippen LogP contribution is 2.29. The molecule has 0 aliphatic carbocycles. The average Bonchev–Trinajstić information content (AvgIpc) is 3.22. The number of nitrogens with zero attached hydrogens (tertiary/aromatic N) is 4. The number of hydrogen-bond acceptors (Lipinski definition) is 5. The van der Waals surface area contributed by atoms with E-state index in [1.807, 2.05) is 92.1 Å². The van der Waals surface area contributed by atoms with Gasteiger partial charge in [-0.05, 0) is 60.9 Å². The highest BCUT2D eigenvalue weighted by molar-refractivity contribution is 6.30. The summed E-state index contributed by atoms with van der Waals surface area (Å²) in [7, 11) is 1.66. The lowest BCUT2D eigenvalue weighted by Crippen LogP contribution is -2.08. The van der Waals surface area contributed by atoms with Gasteiger partial charge in [0.2, 0.25) is 6.41 Å². The molecule has 4 aromatic rings. The van der Waals surface area contributed by atoms with E-state index in [0.29, 0.717) is 23.9 Å². The first-order chi connectivity index (χ1) is 18.4. The second-order valence-electron chi connectivity index (χ2n) is 8.59. The molecule has 8 heteroatoms. The summed E-state index contributed by atoms with van der Waals surface area (Å²) in [5.74, 6) is 2.98. The molecule has 0 atom stereocenters. The largest absolute Gasteiger partial charge is 0.497 e. The third kappa shape index (κ3) is 6.66. The van der Waals surface area contributed by atoms with Gasteiger partial charge < -0.3 is 10.1 Å². The Morgan fingerprint density at radius 1 is 1.00 bits per heavy atom. The van der Waals surface area contributed by atoms with Crippen molar-refractivity contribution in [3.8, 4) is 11.4 Å². The molecule has 0 bridgehead atoms. The van der Waals surface area contributed by atoms with E-state index >= 15 is 0 Å². The van der Waals surface area contributed by atoms with E-state index in [-0.39, 0.29) is 0 Å². The van der Waals surface area contributed by atoms with Crippen LogP contribution in [0.5, 0.6) is 5.75 Å². The van der Waals surface area contributed by atoms with Crippen molar-refractivity contribution in [2.45, 2.75) is 47.1 Å². The van der Waals surface area contributed by atoms with Crippen molar-refractivity contribution in [3.05, 3.63) is 100 Å². The van der Waals surface area contributed by atoms with Gasteiger partial charge in [0.15, 0.2) is 5.82 Å². The second kappa shape index (κ2) is 13.5. The minimum atomic E-state index is 0.468. The van der Waals surface area contributed by atoms with Crippen LogP contribution in [0, 0.1) is 6.92 Å². The Morgan fingerprint density at radius 3 is 2.29 bits per heavy atom. The molecule has 198 valence electrons. The predicted molar refractivity (Wildman–Crippen MR) is 155 cm³/mol. The van der Waals surface area contributed by atoms with E-state index in [9.17, 15) is 4.79 Å². The van der Waals surface area contributed by atoms with Crippen LogP contribution in [0.2, 0.25) is 5.02 Å². The number of amides is 1. The number of ether oxygens (including phenoxy) is 1. The minimum Gasteiger partial charge on any atom is -0.497 e. The van der Waals surface area contributed by atoms with Gasteiger partial charge in [0, 0.05) is 21.8 Å². The van der Waals surface area contributed by atoms with Gasteiger partial charge in [-0.3, -0.25) is 14.4 Å². The highest BCUT2D eigenvalue weighted by atomic mass is 35.5. The Kier molecular flexibility index (Phi) is 10.2. The van der Waals surface area contributed by atoms with Crippen molar-refractivity contribution in [1.82, 2.24) is 14.8 Å². The number of anilines is 1. The molecule has 5 rings (SSSR count). The number of carbonyl (C=O) groups is 1. The van der Waals surface area contributed by atoms with Crippen molar-refractivity contribution < 1.29 is 9.53 Å². The van der Waals surface area contributed by atoms with E-state index in [1.165, 1.54) is 5.56 Å². The Morgan fingerprint density at radius 2 is 1.68 bits per heavy atom. The van der Waals surface area contributed by atoms with Crippen LogP contribution in [-0.4, -0.2) is 34.0 Å². The number of carbonyl (C=O) groups excluding carboxylic acids is 1. The second-order valence-corrected chi connectivity index (χ2v) is 9.03. The number of aryl methyl sites for hydroxylation is 1. The summed E-state index contributed by atoms with van der Waals surface area (Å²) in [6.45, 7) is 10.7. The van der Waals surface area contributed by atoms with Crippen molar-refractivity contribution in [3.63, 3.8) is 0 Å². The summed E-state index contributed by atoms with van der Waals surface area (Å²) in [5, 5.41) is 11.7. The van der Waals surface area contributed by atoms with Crippen molar-refractivity contribution in [1.29, 1.82) is 0 Å². The summed E-state index contributed by atoms with van der Waals surface area (Å²) in [6, 6.07) is 21.5. The minimum absolute atomic E-state index is 0.468. The monoisotopic (exact) mass is 531 g/mol. The molecule has 0 fully saturated rings. The first-order valence-corrected chi connectivity index (χ1v) is 13.0. The van der Waals surface area contributed by atoms with Crippen molar-refractivity contribution >= 4 is 29.4 Å². The molecule has 0 unspecified atom stereocenters. The summed E-state index contributed by atoms with van der Waals surface area (Å²) >= 11 is 6.02. The molecule has 0 radical (unpaired) electrons. The maximum absolute atomic E-state index is 10.1. The Labute approximate surface area is 229 Å². The van der Waals surface area contributed by atoms with E-state index in [4.69, 9.17) is 21.3 Å². The van der Waals surface area contributed by atoms with Crippen LogP contribution < -0.4 is 10.1 Å². The summed E-state index contributed by atoms with van der Waals surface area (Å²) in [4.78, 5) is 14.9. The molecule has 0 saturated heterocycles. The van der Waals surface area contributed by atoms with Gasteiger partial charge in [-0.1, -0.05) is 63.6 Å². The average molecular weight is 532 g/mol. The third-order valence-electron chi connectivity index (χ3n) is 5.89. The number of aromatic nitrogens is 3. The first kappa shape index (κ1) is 28.6. The van der Waals surface area contributed by atoms with Crippen LogP contribution in [-0.2, 0) is 11.3 Å². The normalized spacial score (nSPS) is 11.4. The maximum atomic E-state index is 10.1. The summed E-state index contributed by atoms with van der Waals surface area (Å²) < 4.78 is 7.45. The van der Waals surface area contributed by atoms with Crippen LogP contribution in [0.15, 0.2) is 71.7 Å². The number of halogens is 1. The SMILES string of the molecule is CC.CC(C)c1ccc(NC=O)cc1.COc1ccc2c(c1)C(c1ccc(Cl)cc1)=NCc1nnc(C)n1-2. The fourth-order valence-electron chi connectivity index (χ4n) is 3.97. The van der Waals surface area contributed by atoms with Gasteiger partial charge in [0.25, 0.3) is 0 Å². The zero-order valence-corrected chi connectivity index (χ0v) is 23.5. The number of aliphatic imine (C=N–C) groups is 1. The molecular weight excluding hydrogens is 498 g/mol. The molecule has 3 aromatic carbocycles. The molecule has 1 aliphatic rings. The van der Waals surface area contributed by atoms with Gasteiger partial charge in [-0.25, -0.2) is 0 Å². The lowest BCUT2D eigenvalue weighted by atomic mass is 10.00. The number of hydrogen-bond donors (Lipinski definition) is 1. The molecule has 1 amide bonds. The fraction of sp³-hybridized carbons (Fsp3) is 0.267. The standard InChI is InChI=1S/C18H15ClN4O.C10H13NO.C2H6/c1-11-21-22-17-10-20-18(12-3-5-13(19)6-4-12)15-9-14(24-2)7-8-16(15)23(11)17;1-8(2)9-3-5-10(6-4-9)11-7-12;1-2/h3-9H,10H2,1-2H3;3-8H,1-2H3,(H,11,12);1-2H3. The van der Waals surface area contributed by atoms with Gasteiger partial charge in [0.1, 0.15) is 18.1 Å². The topological polar surface area (TPSA) is 81.4 Å². The Bertz CT molecular complexity index is 1380. The number of fused-ring (bicyclic) bond motifs is 3. The summed E-state index contributed by atoms with van der Waals surface area (Å²) in [6.07, 6.45) is 0.685. The zero-order valence-electron chi connectivity index (χ0n) is 22.7. The maximum Gasteiger partial charge on any atom is 0.211 e. The van der Waals surface area contributed by atoms with Crippen LogP contribution in [0.3, 0.4) is 0 Å². The molecule has 7 nitrogen and oxygen atoms in total. The van der Waals surface area contributed by atoms with Gasteiger partial charge in [0.05, 0.1) is 18.5 Å². The third-order valence-corrected chi connectivity index (χ3v) is 6.14. The zero-order chi connectivity index (χ0) is 27.7. The van der Waals surface area contributed by atoms with E-state index < -0.39 is 0 Å². The van der Waals surface area contributed by atoms with Crippen LogP contribution in [0.4, 0.5) is 5.69 Å².